The zero-order chi connectivity index (χ0) is 54.6. The number of anilines is 10. The van der Waals surface area contributed by atoms with E-state index in [9.17, 15) is 23.2 Å². The van der Waals surface area contributed by atoms with Crippen molar-refractivity contribution in [2.45, 2.75) is 34.8 Å². The molecule has 0 fully saturated rings. The van der Waals surface area contributed by atoms with Crippen LogP contribution in [0.5, 0.6) is 0 Å². The first-order chi connectivity index (χ1) is 36.3. The first-order valence-electron chi connectivity index (χ1n) is 24.4. The van der Waals surface area contributed by atoms with Gasteiger partial charge in [0.25, 0.3) is 10.1 Å². The number of nitrogens with one attached hydrogen (secondary N) is 8. The van der Waals surface area contributed by atoms with Crippen LogP contribution in [0.25, 0.3) is 12.2 Å². The molecule has 0 aliphatic heterocycles. The Morgan fingerprint density at radius 1 is 0.553 bits per heavy atom. The Hall–Kier alpha value is -6.66. The molecule has 0 bridgehead atoms. The van der Waals surface area contributed by atoms with Gasteiger partial charge in [-0.05, 0) is 85.6 Å². The summed E-state index contributed by atoms with van der Waals surface area (Å²) in [6, 6.07) is 28.2. The molecular weight excluding hydrogens is 1020 g/mol. The molecule has 2 aromatic heterocycles. The lowest BCUT2D eigenvalue weighted by Crippen LogP contribution is -2.45. The Morgan fingerprint density at radius 2 is 0.961 bits per heavy atom. The molecular formula is C50H70N16O8S2+2. The number of aliphatic hydroxyl groups is 2. The quantitative estimate of drug-likeness (QED) is 0.00452. The highest BCUT2D eigenvalue weighted by Gasteiger charge is 2.19. The van der Waals surface area contributed by atoms with E-state index in [1.54, 1.807) is 30.3 Å². The van der Waals surface area contributed by atoms with Crippen LogP contribution in [0.3, 0.4) is 0 Å². The fourth-order valence-electron chi connectivity index (χ4n) is 7.48. The van der Waals surface area contributed by atoms with Crippen molar-refractivity contribution in [1.29, 1.82) is 0 Å². The number of quaternary nitrogens is 2. The fraction of sp³-hybridized carbons (Fsp3) is 0.360. The van der Waals surface area contributed by atoms with Crippen molar-refractivity contribution >= 4 is 92.8 Å². The van der Waals surface area contributed by atoms with Gasteiger partial charge in [-0.15, -0.1) is 4.33 Å². The predicted molar refractivity (Wildman–Crippen MR) is 298 cm³/mol. The number of hydrogen-bond donors (Lipinski definition) is 12. The monoisotopic (exact) mass is 1090 g/mol. The number of likely N-dealkylation sites (N-methyl/N-ethyl adjacent to an activating group) is 2. The minimum Gasteiger partial charge on any atom is -0.386 e. The summed E-state index contributed by atoms with van der Waals surface area (Å²) in [5.74, 6) is 1.33. The zero-order valence-corrected chi connectivity index (χ0v) is 45.1. The first-order valence-corrected chi connectivity index (χ1v) is 26.6. The summed E-state index contributed by atoms with van der Waals surface area (Å²) in [6.45, 7) is 4.52. The molecule has 2 atom stereocenters. The van der Waals surface area contributed by atoms with Gasteiger partial charge in [0.05, 0.1) is 54.3 Å². The fourth-order valence-corrected chi connectivity index (χ4v) is 8.70. The number of aliphatic hydroxyl groups excluding tert-OH is 2. The van der Waals surface area contributed by atoms with Gasteiger partial charge in [0.1, 0.15) is 30.2 Å². The molecule has 6 rings (SSSR count). The van der Waals surface area contributed by atoms with Gasteiger partial charge < -0.3 is 61.7 Å². The smallest absolute Gasteiger partial charge is 0.295 e. The predicted octanol–water partition coefficient (Wildman–Crippen LogP) is 5.79. The summed E-state index contributed by atoms with van der Waals surface area (Å²) >= 11 is 0.680. The average molecular weight is 1090 g/mol. The van der Waals surface area contributed by atoms with Gasteiger partial charge in [0, 0.05) is 53.8 Å². The number of aromatic nitrogens is 6. The molecule has 76 heavy (non-hydrogen) atoms. The summed E-state index contributed by atoms with van der Waals surface area (Å²) < 4.78 is 42.4. The van der Waals surface area contributed by atoms with E-state index in [0.29, 0.717) is 102 Å². The molecule has 0 saturated carbocycles. The molecule has 0 radical (unpaired) electrons. The topological polar surface area (TPSA) is 307 Å². The molecule has 26 heteroatoms. The maximum absolute atomic E-state index is 12.9. The number of nitrogens with zero attached hydrogens (tertiary/aromatic N) is 8. The van der Waals surface area contributed by atoms with Crippen LogP contribution >= 0.6 is 12.0 Å². The van der Waals surface area contributed by atoms with E-state index in [-0.39, 0.29) is 41.0 Å². The minimum absolute atomic E-state index is 0.0871. The Balaban J connectivity index is 1.17. The van der Waals surface area contributed by atoms with Gasteiger partial charge in [-0.25, -0.2) is 5.26 Å². The Bertz CT molecular complexity index is 2900. The second-order valence-electron chi connectivity index (χ2n) is 19.6. The number of rotatable bonds is 32. The van der Waals surface area contributed by atoms with E-state index in [1.807, 2.05) is 103 Å². The molecule has 0 aliphatic rings. The first kappa shape index (κ1) is 58.6. The van der Waals surface area contributed by atoms with Gasteiger partial charge in [-0.3, -0.25) is 4.55 Å². The second-order valence-corrected chi connectivity index (χ2v) is 21.7. The van der Waals surface area contributed by atoms with E-state index < -0.39 is 27.2 Å². The number of hydrogen-bond acceptors (Lipinski definition) is 22. The summed E-state index contributed by atoms with van der Waals surface area (Å²) in [4.78, 5) is 27.3. The summed E-state index contributed by atoms with van der Waals surface area (Å²) in [5, 5.41) is 59.3. The van der Waals surface area contributed by atoms with Crippen molar-refractivity contribution in [3.8, 4) is 0 Å². The van der Waals surface area contributed by atoms with Gasteiger partial charge in [0.15, 0.2) is 0 Å². The standard InChI is InChI=1S/C50H68N16O8S2/c1-65(2,3)33-41(67)31-51-25-13-27-53-45-59-47(55-37-15-9-7-10-16-37)63-49(61-45)57-39-23-21-35(43(29-39)75-74-73-69)19-20-36-22-24-40(30-44(36)76(70,71)72)58-50-62-46(60-48(64-50)56-38-17-11-8-12-18-38)54-28-14-26-52-32-42(68)34-66(4,5)6/h7-12,15-24,29-30,41-42,51-52,67-68H,13-14,25-28,31-34H2,1-6H3,(H6-2,53,54,55,56,57,58,59,60,61,62,63,64,69,70,71,72)/p+2/b20-19+. The van der Waals surface area contributed by atoms with Crippen molar-refractivity contribution < 1.29 is 46.8 Å². The van der Waals surface area contributed by atoms with E-state index in [0.717, 1.165) is 17.8 Å². The number of benzene rings is 4. The van der Waals surface area contributed by atoms with E-state index in [1.165, 1.54) is 18.2 Å². The maximum Gasteiger partial charge on any atom is 0.295 e. The molecule has 0 saturated heterocycles. The Labute approximate surface area is 447 Å². The van der Waals surface area contributed by atoms with Gasteiger partial charge in [-0.1, -0.05) is 65.7 Å². The molecule has 0 amide bonds. The van der Waals surface area contributed by atoms with Crippen LogP contribution in [-0.2, 0) is 19.5 Å². The molecule has 2 unspecified atom stereocenters. The SMILES string of the molecule is C[N+](C)(C)CC(O)CNCCCNc1nc(Nc2ccccc2)nc(Nc2ccc(/C=C/c3ccc(Nc4nc(NCCCNCC(O)C[N+](C)(C)C)nc(Nc5ccccc5)n4)cc3S(=O)(=O)O)c(SOOO)c2)n1. The molecule has 12 N–H and O–H groups in total. The summed E-state index contributed by atoms with van der Waals surface area (Å²) in [5.41, 5.74) is 2.90. The van der Waals surface area contributed by atoms with Crippen molar-refractivity contribution in [2.24, 2.45) is 0 Å². The van der Waals surface area contributed by atoms with Crippen molar-refractivity contribution in [1.82, 2.24) is 40.5 Å². The van der Waals surface area contributed by atoms with Crippen LogP contribution in [0, 0.1) is 0 Å². The molecule has 0 spiro atoms. The van der Waals surface area contributed by atoms with Crippen LogP contribution in [0.4, 0.5) is 58.4 Å². The van der Waals surface area contributed by atoms with Gasteiger partial charge in [0.2, 0.25) is 35.7 Å². The second kappa shape index (κ2) is 28.5. The van der Waals surface area contributed by atoms with Gasteiger partial charge in [-0.2, -0.15) is 38.3 Å². The molecule has 24 nitrogen and oxygen atoms in total. The lowest BCUT2D eigenvalue weighted by Gasteiger charge is -2.26. The van der Waals surface area contributed by atoms with Crippen LogP contribution in [-0.4, -0.2) is 174 Å². The molecule has 4 aromatic carbocycles. The van der Waals surface area contributed by atoms with Crippen molar-refractivity contribution in [2.75, 3.05) is 127 Å². The molecule has 2 heterocycles. The summed E-state index contributed by atoms with van der Waals surface area (Å²) in [7, 11) is 7.40. The number of para-hydroxylation sites is 2. The highest BCUT2D eigenvalue weighted by atomic mass is 32.2. The Kier molecular flexibility index (Phi) is 21.9. The third-order valence-electron chi connectivity index (χ3n) is 10.6. The lowest BCUT2D eigenvalue weighted by molar-refractivity contribution is -0.873. The van der Waals surface area contributed by atoms with Crippen molar-refractivity contribution in [3.63, 3.8) is 0 Å². The molecule has 0 aliphatic carbocycles. The maximum atomic E-state index is 12.9. The van der Waals surface area contributed by atoms with Crippen LogP contribution < -0.4 is 42.5 Å². The van der Waals surface area contributed by atoms with E-state index >= 15 is 0 Å². The lowest BCUT2D eigenvalue weighted by atomic mass is 10.1. The third-order valence-corrected chi connectivity index (χ3v) is 12.2. The highest BCUT2D eigenvalue weighted by molar-refractivity contribution is 7.94. The van der Waals surface area contributed by atoms with E-state index in [4.69, 9.17) is 9.59 Å². The zero-order valence-electron chi connectivity index (χ0n) is 43.4. The average Bonchev–Trinajstić information content (AvgIpc) is 3.34. The third kappa shape index (κ3) is 21.2. The molecule has 6 aromatic rings. The van der Waals surface area contributed by atoms with Crippen LogP contribution in [0.15, 0.2) is 107 Å². The summed E-state index contributed by atoms with van der Waals surface area (Å²) in [6.07, 6.45) is 3.57. The van der Waals surface area contributed by atoms with Gasteiger partial charge >= 0.3 is 0 Å². The molecule has 408 valence electrons. The normalized spacial score (nSPS) is 12.8. The Morgan fingerprint density at radius 3 is 1.39 bits per heavy atom. The van der Waals surface area contributed by atoms with Crippen molar-refractivity contribution in [3.05, 3.63) is 108 Å². The highest BCUT2D eigenvalue weighted by Crippen LogP contribution is 2.32. The van der Waals surface area contributed by atoms with Crippen LogP contribution in [0.2, 0.25) is 0 Å². The minimum atomic E-state index is -4.78. The van der Waals surface area contributed by atoms with E-state index in [2.05, 4.69) is 77.5 Å². The largest absolute Gasteiger partial charge is 0.386 e. The van der Waals surface area contributed by atoms with Crippen LogP contribution in [0.1, 0.15) is 24.0 Å².